The van der Waals surface area contributed by atoms with Crippen molar-refractivity contribution in [3.8, 4) is 0 Å². The number of hydrogen-bond donors (Lipinski definition) is 1. The number of aromatic nitrogens is 2. The molecular weight excluding hydrogens is 316 g/mol. The van der Waals surface area contributed by atoms with Crippen LogP contribution in [0.3, 0.4) is 0 Å². The van der Waals surface area contributed by atoms with Crippen LogP contribution in [-0.4, -0.2) is 42.6 Å². The summed E-state index contributed by atoms with van der Waals surface area (Å²) in [7, 11) is -7.42. The molecule has 9 heteroatoms. The van der Waals surface area contributed by atoms with Gasteiger partial charge in [0.25, 0.3) is 20.1 Å². The van der Waals surface area contributed by atoms with Crippen molar-refractivity contribution in [1.29, 1.82) is 0 Å². The molecule has 1 N–H and O–H groups in total. The van der Waals surface area contributed by atoms with Crippen LogP contribution in [-0.2, 0) is 39.4 Å². The van der Waals surface area contributed by atoms with Gasteiger partial charge in [-0.2, -0.15) is 17.6 Å². The summed E-state index contributed by atoms with van der Waals surface area (Å²) in [6.45, 7) is 0. The third-order valence-electron chi connectivity index (χ3n) is 3.61. The highest BCUT2D eigenvalue weighted by Crippen LogP contribution is 2.26. The molecule has 0 atom stereocenters. The Hall–Kier alpha value is -0.930. The van der Waals surface area contributed by atoms with Gasteiger partial charge in [-0.05, 0) is 50.5 Å². The molecule has 1 aromatic rings. The minimum Gasteiger partial charge on any atom is -0.286 e. The minimum absolute atomic E-state index is 0.294. The second kappa shape index (κ2) is 6.05. The molecule has 0 unspecified atom stereocenters. The van der Waals surface area contributed by atoms with Crippen LogP contribution in [0.5, 0.6) is 0 Å². The lowest BCUT2D eigenvalue weighted by Crippen LogP contribution is -2.16. The fourth-order valence-corrected chi connectivity index (χ4v) is 4.11. The average molecular weight is 336 g/mol. The average Bonchev–Trinajstić information content (AvgIpc) is 2.72. The van der Waals surface area contributed by atoms with Crippen molar-refractivity contribution >= 4 is 20.1 Å². The molecule has 1 aliphatic rings. The van der Waals surface area contributed by atoms with E-state index in [2.05, 4.69) is 5.10 Å². The summed E-state index contributed by atoms with van der Waals surface area (Å²) >= 11 is 0. The monoisotopic (exact) mass is 336 g/mol. The van der Waals surface area contributed by atoms with Gasteiger partial charge in [-0.15, -0.1) is 0 Å². The van der Waals surface area contributed by atoms with Crippen molar-refractivity contribution in [1.82, 2.24) is 9.19 Å². The van der Waals surface area contributed by atoms with E-state index in [1.54, 1.807) is 0 Å². The van der Waals surface area contributed by atoms with Crippen molar-refractivity contribution in [2.24, 2.45) is 0 Å². The fraction of sp³-hybridized carbons (Fsp3) is 0.750. The Morgan fingerprint density at radius 2 is 1.81 bits per heavy atom. The lowest BCUT2D eigenvalue weighted by molar-refractivity contribution is 0.479. The smallest absolute Gasteiger partial charge is 0.264 e. The van der Waals surface area contributed by atoms with E-state index in [0.29, 0.717) is 25.0 Å². The summed E-state index contributed by atoms with van der Waals surface area (Å²) in [5, 5.41) is 4.21. The van der Waals surface area contributed by atoms with Crippen LogP contribution in [0, 0.1) is 0 Å². The third-order valence-corrected chi connectivity index (χ3v) is 5.34. The van der Waals surface area contributed by atoms with Gasteiger partial charge in [0.1, 0.15) is 0 Å². The van der Waals surface area contributed by atoms with E-state index in [1.165, 1.54) is 0 Å². The van der Waals surface area contributed by atoms with Crippen molar-refractivity contribution in [3.63, 3.8) is 0 Å². The zero-order valence-corrected chi connectivity index (χ0v) is 13.6. The molecule has 7 nitrogen and oxygen atoms in total. The first kappa shape index (κ1) is 16.4. The minimum atomic E-state index is -3.96. The van der Waals surface area contributed by atoms with Crippen LogP contribution < -0.4 is 0 Å². The van der Waals surface area contributed by atoms with Crippen LogP contribution in [0.2, 0.25) is 0 Å². The van der Waals surface area contributed by atoms with Crippen molar-refractivity contribution in [2.75, 3.05) is 12.0 Å². The van der Waals surface area contributed by atoms with E-state index in [9.17, 15) is 16.8 Å². The molecular formula is C12H20N2O5S2. The van der Waals surface area contributed by atoms with Crippen molar-refractivity contribution in [3.05, 3.63) is 17.0 Å². The van der Waals surface area contributed by atoms with E-state index in [-0.39, 0.29) is 5.75 Å². The van der Waals surface area contributed by atoms with Crippen LogP contribution in [0.1, 0.15) is 42.6 Å². The number of unbranched alkanes of at least 4 members (excludes halogenated alkanes) is 1. The fourth-order valence-electron chi connectivity index (χ4n) is 2.69. The van der Waals surface area contributed by atoms with Gasteiger partial charge in [0.15, 0.2) is 0 Å². The van der Waals surface area contributed by atoms with Gasteiger partial charge in [-0.1, -0.05) is 0 Å². The molecule has 0 saturated carbocycles. The van der Waals surface area contributed by atoms with Crippen LogP contribution in [0.4, 0.5) is 0 Å². The lowest BCUT2D eigenvalue weighted by atomic mass is 9.94. The highest BCUT2D eigenvalue weighted by molar-refractivity contribution is 7.89. The molecule has 0 saturated heterocycles. The van der Waals surface area contributed by atoms with Crippen molar-refractivity contribution < 1.29 is 21.4 Å². The highest BCUT2D eigenvalue weighted by atomic mass is 32.2. The van der Waals surface area contributed by atoms with E-state index < -0.39 is 20.1 Å². The van der Waals surface area contributed by atoms with E-state index in [0.717, 1.165) is 47.3 Å². The summed E-state index contributed by atoms with van der Waals surface area (Å²) in [4.78, 5) is 0. The molecule has 1 aromatic heterocycles. The first-order valence-corrected chi connectivity index (χ1v) is 10.4. The molecule has 0 amide bonds. The zero-order chi connectivity index (χ0) is 15.7. The molecule has 2 rings (SSSR count). The Balaban J connectivity index is 2.19. The first-order valence-electron chi connectivity index (χ1n) is 6.94. The molecule has 21 heavy (non-hydrogen) atoms. The largest absolute Gasteiger partial charge is 0.286 e. The standard InChI is InChI=1S/C12H20N2O5S2/c1-20(15,16)14-12(8-4-5-9-21(17,18)19)10-6-2-3-7-11(10)13-14/h2-9H2,1H3,(H,17,18,19). The summed E-state index contributed by atoms with van der Waals surface area (Å²) in [6, 6.07) is 0. The van der Waals surface area contributed by atoms with Gasteiger partial charge in [0.05, 0.1) is 23.4 Å². The molecule has 1 heterocycles. The Bertz CT molecular complexity index is 719. The number of aryl methyl sites for hydroxylation is 1. The number of hydrogen-bond acceptors (Lipinski definition) is 5. The van der Waals surface area contributed by atoms with Crippen LogP contribution in [0.25, 0.3) is 0 Å². The SMILES string of the molecule is CS(=O)(=O)n1nc2c(c1CCCCS(=O)(=O)O)CCCC2. The van der Waals surface area contributed by atoms with Gasteiger partial charge >= 0.3 is 0 Å². The maximum atomic E-state index is 11.8. The van der Waals surface area contributed by atoms with E-state index in [4.69, 9.17) is 4.55 Å². The van der Waals surface area contributed by atoms with E-state index in [1.807, 2.05) is 0 Å². The maximum Gasteiger partial charge on any atom is 0.264 e. The van der Waals surface area contributed by atoms with Gasteiger partial charge in [-0.25, -0.2) is 8.42 Å². The summed E-state index contributed by atoms with van der Waals surface area (Å²) < 4.78 is 54.8. The Morgan fingerprint density at radius 3 is 2.43 bits per heavy atom. The molecule has 0 aromatic carbocycles. The summed E-state index contributed by atoms with van der Waals surface area (Å²) in [5.41, 5.74) is 2.51. The number of fused-ring (bicyclic) bond motifs is 1. The summed E-state index contributed by atoms with van der Waals surface area (Å²) in [5.74, 6) is -0.303. The van der Waals surface area contributed by atoms with Crippen LogP contribution >= 0.6 is 0 Å². The number of rotatable bonds is 6. The Morgan fingerprint density at radius 1 is 1.14 bits per heavy atom. The Kier molecular flexibility index (Phi) is 4.74. The maximum absolute atomic E-state index is 11.8. The predicted molar refractivity (Wildman–Crippen MR) is 78.5 cm³/mol. The second-order valence-corrected chi connectivity index (χ2v) is 8.81. The first-order chi connectivity index (χ1) is 9.68. The normalized spacial score (nSPS) is 15.9. The van der Waals surface area contributed by atoms with Gasteiger partial charge in [0.2, 0.25) is 0 Å². The van der Waals surface area contributed by atoms with Crippen LogP contribution in [0.15, 0.2) is 0 Å². The molecule has 0 fully saturated rings. The topological polar surface area (TPSA) is 106 Å². The Labute approximate surface area is 125 Å². The zero-order valence-electron chi connectivity index (χ0n) is 11.9. The highest BCUT2D eigenvalue weighted by Gasteiger charge is 2.24. The molecule has 120 valence electrons. The molecule has 0 bridgehead atoms. The van der Waals surface area contributed by atoms with Gasteiger partial charge in [0, 0.05) is 0 Å². The van der Waals surface area contributed by atoms with Gasteiger partial charge in [-0.3, -0.25) is 4.55 Å². The quantitative estimate of drug-likeness (QED) is 0.608. The predicted octanol–water partition coefficient (Wildman–Crippen LogP) is 0.780. The number of nitrogens with zero attached hydrogens (tertiary/aromatic N) is 2. The third kappa shape index (κ3) is 4.27. The van der Waals surface area contributed by atoms with Gasteiger partial charge < -0.3 is 0 Å². The molecule has 1 aliphatic carbocycles. The second-order valence-electron chi connectivity index (χ2n) is 5.43. The van der Waals surface area contributed by atoms with E-state index >= 15 is 0 Å². The molecule has 0 spiro atoms. The molecule has 0 aliphatic heterocycles. The molecule has 0 radical (unpaired) electrons. The van der Waals surface area contributed by atoms with Crippen molar-refractivity contribution in [2.45, 2.75) is 44.9 Å². The summed E-state index contributed by atoms with van der Waals surface area (Å²) in [6.07, 6.45) is 5.98. The lowest BCUT2D eigenvalue weighted by Gasteiger charge is -2.11.